The Hall–Kier alpha value is -2.42. The van der Waals surface area contributed by atoms with E-state index in [4.69, 9.17) is 0 Å². The Balaban J connectivity index is 1.84. The van der Waals surface area contributed by atoms with E-state index in [0.717, 1.165) is 11.1 Å². The van der Waals surface area contributed by atoms with Gasteiger partial charge in [-0.25, -0.2) is 0 Å². The minimum atomic E-state index is -0.0546. The molecule has 0 saturated heterocycles. The molecule has 1 amide bonds. The van der Waals surface area contributed by atoms with E-state index >= 15 is 0 Å². The summed E-state index contributed by atoms with van der Waals surface area (Å²) < 4.78 is 0. The molecule has 0 aliphatic carbocycles. The van der Waals surface area contributed by atoms with Crippen LogP contribution in [-0.2, 0) is 11.2 Å². The Kier molecular flexibility index (Phi) is 3.59. The standard InChI is InChI=1S/C17H16N2O/c20-17-15(11-13-7-3-1-4-8-13)19-16(12-18-17)14-9-5-2-6-10-14/h1-10,16H,11-12H2,(H,18,20). The summed E-state index contributed by atoms with van der Waals surface area (Å²) in [5.41, 5.74) is 2.85. The molecule has 0 radical (unpaired) electrons. The average molecular weight is 264 g/mol. The van der Waals surface area contributed by atoms with Gasteiger partial charge in [-0.3, -0.25) is 9.79 Å². The summed E-state index contributed by atoms with van der Waals surface area (Å²) in [6.45, 7) is 0.571. The number of nitrogens with zero attached hydrogens (tertiary/aromatic N) is 1. The molecule has 100 valence electrons. The van der Waals surface area contributed by atoms with Gasteiger partial charge in [-0.15, -0.1) is 0 Å². The van der Waals surface area contributed by atoms with Gasteiger partial charge >= 0.3 is 0 Å². The van der Waals surface area contributed by atoms with Crippen LogP contribution in [0.5, 0.6) is 0 Å². The second kappa shape index (κ2) is 5.70. The summed E-state index contributed by atoms with van der Waals surface area (Å²) in [4.78, 5) is 16.6. The lowest BCUT2D eigenvalue weighted by Gasteiger charge is -2.21. The quantitative estimate of drug-likeness (QED) is 0.909. The van der Waals surface area contributed by atoms with Gasteiger partial charge in [-0.1, -0.05) is 60.7 Å². The van der Waals surface area contributed by atoms with Crippen molar-refractivity contribution in [1.82, 2.24) is 5.32 Å². The molecule has 2 aromatic rings. The fourth-order valence-electron chi connectivity index (χ4n) is 2.37. The van der Waals surface area contributed by atoms with Crippen LogP contribution >= 0.6 is 0 Å². The molecule has 0 aromatic heterocycles. The van der Waals surface area contributed by atoms with Gasteiger partial charge in [0, 0.05) is 13.0 Å². The van der Waals surface area contributed by atoms with Gasteiger partial charge in [0.15, 0.2) is 0 Å². The van der Waals surface area contributed by atoms with E-state index in [-0.39, 0.29) is 11.9 Å². The molecular weight excluding hydrogens is 248 g/mol. The molecular formula is C17H16N2O. The monoisotopic (exact) mass is 264 g/mol. The van der Waals surface area contributed by atoms with E-state index < -0.39 is 0 Å². The molecule has 20 heavy (non-hydrogen) atoms. The maximum Gasteiger partial charge on any atom is 0.265 e. The van der Waals surface area contributed by atoms with Crippen molar-refractivity contribution >= 4 is 11.6 Å². The lowest BCUT2D eigenvalue weighted by molar-refractivity contribution is -0.115. The van der Waals surface area contributed by atoms with Gasteiger partial charge < -0.3 is 5.32 Å². The molecule has 3 heteroatoms. The van der Waals surface area contributed by atoms with E-state index in [9.17, 15) is 4.79 Å². The fourth-order valence-corrected chi connectivity index (χ4v) is 2.37. The second-order valence-corrected chi connectivity index (χ2v) is 4.87. The number of nitrogens with one attached hydrogen (secondary N) is 1. The number of rotatable bonds is 3. The Bertz CT molecular complexity index is 620. The maximum absolute atomic E-state index is 11.9. The summed E-state index contributed by atoms with van der Waals surface area (Å²) in [5.74, 6) is -0.0546. The fraction of sp³-hybridized carbons (Fsp3) is 0.176. The summed E-state index contributed by atoms with van der Waals surface area (Å²) in [7, 11) is 0. The predicted molar refractivity (Wildman–Crippen MR) is 79.8 cm³/mol. The van der Waals surface area contributed by atoms with Gasteiger partial charge in [0.2, 0.25) is 0 Å². The first kappa shape index (κ1) is 12.6. The van der Waals surface area contributed by atoms with E-state index in [1.807, 2.05) is 60.7 Å². The molecule has 1 aliphatic rings. The van der Waals surface area contributed by atoms with Crippen LogP contribution in [0.15, 0.2) is 65.7 Å². The number of aliphatic imine (C=N–C) groups is 1. The van der Waals surface area contributed by atoms with Crippen LogP contribution in [0.4, 0.5) is 0 Å². The van der Waals surface area contributed by atoms with Crippen LogP contribution in [0.25, 0.3) is 0 Å². The lowest BCUT2D eigenvalue weighted by atomic mass is 10.0. The minimum absolute atomic E-state index is 0.0209. The van der Waals surface area contributed by atoms with Crippen molar-refractivity contribution in [2.45, 2.75) is 12.5 Å². The van der Waals surface area contributed by atoms with Gasteiger partial charge in [-0.05, 0) is 11.1 Å². The molecule has 3 nitrogen and oxygen atoms in total. The lowest BCUT2D eigenvalue weighted by Crippen LogP contribution is -2.39. The maximum atomic E-state index is 11.9. The zero-order valence-corrected chi connectivity index (χ0v) is 11.1. The van der Waals surface area contributed by atoms with E-state index in [2.05, 4.69) is 10.3 Å². The summed E-state index contributed by atoms with van der Waals surface area (Å²) in [6, 6.07) is 20.1. The van der Waals surface area contributed by atoms with Gasteiger partial charge in [0.05, 0.1) is 6.04 Å². The van der Waals surface area contributed by atoms with Crippen molar-refractivity contribution in [3.05, 3.63) is 71.8 Å². The number of amides is 1. The third-order valence-corrected chi connectivity index (χ3v) is 3.43. The van der Waals surface area contributed by atoms with Crippen molar-refractivity contribution in [3.8, 4) is 0 Å². The number of hydrogen-bond donors (Lipinski definition) is 1. The third-order valence-electron chi connectivity index (χ3n) is 3.43. The number of benzene rings is 2. The van der Waals surface area contributed by atoms with Crippen molar-refractivity contribution in [3.63, 3.8) is 0 Å². The highest BCUT2D eigenvalue weighted by molar-refractivity contribution is 6.39. The summed E-state index contributed by atoms with van der Waals surface area (Å²) >= 11 is 0. The smallest absolute Gasteiger partial charge is 0.265 e. The van der Waals surface area contributed by atoms with E-state index in [0.29, 0.717) is 18.7 Å². The zero-order chi connectivity index (χ0) is 13.8. The number of carbonyl (C=O) groups is 1. The van der Waals surface area contributed by atoms with Gasteiger partial charge in [0.25, 0.3) is 5.91 Å². The van der Waals surface area contributed by atoms with Crippen molar-refractivity contribution in [2.75, 3.05) is 6.54 Å². The molecule has 1 N–H and O–H groups in total. The number of hydrogen-bond acceptors (Lipinski definition) is 2. The molecule has 0 bridgehead atoms. The molecule has 1 aliphatic heterocycles. The zero-order valence-electron chi connectivity index (χ0n) is 11.1. The van der Waals surface area contributed by atoms with E-state index in [1.165, 1.54) is 0 Å². The molecule has 1 heterocycles. The van der Waals surface area contributed by atoms with Gasteiger partial charge in [-0.2, -0.15) is 0 Å². The van der Waals surface area contributed by atoms with Crippen molar-refractivity contribution in [1.29, 1.82) is 0 Å². The SMILES string of the molecule is O=C1NCC(c2ccccc2)N=C1Cc1ccccc1. The molecule has 2 aromatic carbocycles. The largest absolute Gasteiger partial charge is 0.348 e. The van der Waals surface area contributed by atoms with E-state index in [1.54, 1.807) is 0 Å². The number of carbonyl (C=O) groups excluding carboxylic acids is 1. The van der Waals surface area contributed by atoms with Gasteiger partial charge in [0.1, 0.15) is 5.71 Å². The highest BCUT2D eigenvalue weighted by atomic mass is 16.2. The van der Waals surface area contributed by atoms with Crippen LogP contribution < -0.4 is 5.32 Å². The summed E-state index contributed by atoms with van der Waals surface area (Å²) in [5, 5.41) is 2.93. The van der Waals surface area contributed by atoms with Crippen molar-refractivity contribution in [2.24, 2.45) is 4.99 Å². The van der Waals surface area contributed by atoms with Crippen LogP contribution in [0.2, 0.25) is 0 Å². The molecule has 0 saturated carbocycles. The average Bonchev–Trinajstić information content (AvgIpc) is 2.51. The third kappa shape index (κ3) is 2.77. The van der Waals surface area contributed by atoms with Crippen LogP contribution in [-0.4, -0.2) is 18.2 Å². The highest BCUT2D eigenvalue weighted by Crippen LogP contribution is 2.19. The molecule has 1 atom stereocenters. The summed E-state index contributed by atoms with van der Waals surface area (Å²) in [6.07, 6.45) is 0.579. The Morgan fingerprint density at radius 2 is 1.65 bits per heavy atom. The van der Waals surface area contributed by atoms with Crippen LogP contribution in [0, 0.1) is 0 Å². The molecule has 1 unspecified atom stereocenters. The first-order valence-electron chi connectivity index (χ1n) is 6.76. The molecule has 3 rings (SSSR count). The van der Waals surface area contributed by atoms with Crippen LogP contribution in [0.3, 0.4) is 0 Å². The predicted octanol–water partition coefficient (Wildman–Crippen LogP) is 2.54. The molecule has 0 fully saturated rings. The minimum Gasteiger partial charge on any atom is -0.348 e. The Morgan fingerprint density at radius 3 is 2.35 bits per heavy atom. The van der Waals surface area contributed by atoms with Crippen LogP contribution in [0.1, 0.15) is 17.2 Å². The molecule has 0 spiro atoms. The Morgan fingerprint density at radius 1 is 1.00 bits per heavy atom. The van der Waals surface area contributed by atoms with Crippen molar-refractivity contribution < 1.29 is 4.79 Å². The normalized spacial score (nSPS) is 18.3. The Labute approximate surface area is 118 Å². The first-order chi connectivity index (χ1) is 9.83. The highest BCUT2D eigenvalue weighted by Gasteiger charge is 2.22. The topological polar surface area (TPSA) is 41.5 Å². The second-order valence-electron chi connectivity index (χ2n) is 4.87. The first-order valence-corrected chi connectivity index (χ1v) is 6.76.